The molecule has 1 aromatic rings. The first-order valence-electron chi connectivity index (χ1n) is 6.52. The average Bonchev–Trinajstić information content (AvgIpc) is 2.34. The summed E-state index contributed by atoms with van der Waals surface area (Å²) in [6.45, 7) is 6.15. The van der Waals surface area contributed by atoms with Crippen molar-refractivity contribution in [2.24, 2.45) is 5.92 Å². The molecule has 0 aliphatic carbocycles. The van der Waals surface area contributed by atoms with Gasteiger partial charge in [-0.25, -0.2) is 4.39 Å². The molecule has 0 aromatic heterocycles. The van der Waals surface area contributed by atoms with E-state index >= 15 is 0 Å². The molecule has 2 rings (SSSR count). The van der Waals surface area contributed by atoms with Crippen LogP contribution in [0.3, 0.4) is 0 Å². The largest absolute Gasteiger partial charge is 0.296 e. The molecule has 0 amide bonds. The normalized spacial score (nSPS) is 24.8. The summed E-state index contributed by atoms with van der Waals surface area (Å²) in [6.07, 6.45) is 2.43. The number of likely N-dealkylation sites (tertiary alicyclic amines) is 1. The summed E-state index contributed by atoms with van der Waals surface area (Å²) >= 11 is 0. The fourth-order valence-electron chi connectivity index (χ4n) is 2.62. The van der Waals surface area contributed by atoms with Gasteiger partial charge in [-0.05, 0) is 49.4 Å². The predicted molar refractivity (Wildman–Crippen MR) is 69.4 cm³/mol. The Labute approximate surface area is 108 Å². The first-order chi connectivity index (χ1) is 8.60. The van der Waals surface area contributed by atoms with Gasteiger partial charge in [0.2, 0.25) is 0 Å². The minimum Gasteiger partial charge on any atom is -0.296 e. The molecule has 3 heteroatoms. The second-order valence-electron chi connectivity index (χ2n) is 5.37. The van der Waals surface area contributed by atoms with Gasteiger partial charge in [0.05, 0.1) is 11.6 Å². The average molecular weight is 246 g/mol. The third-order valence-corrected chi connectivity index (χ3v) is 3.81. The van der Waals surface area contributed by atoms with Crippen molar-refractivity contribution < 1.29 is 4.39 Å². The van der Waals surface area contributed by atoms with Crippen molar-refractivity contribution in [3.63, 3.8) is 0 Å². The molecule has 96 valence electrons. The number of piperidine rings is 1. The van der Waals surface area contributed by atoms with E-state index in [1.165, 1.54) is 25.0 Å². The quantitative estimate of drug-likeness (QED) is 0.800. The van der Waals surface area contributed by atoms with Crippen molar-refractivity contribution in [1.29, 1.82) is 5.26 Å². The van der Waals surface area contributed by atoms with Gasteiger partial charge in [0.25, 0.3) is 0 Å². The molecule has 0 radical (unpaired) electrons. The van der Waals surface area contributed by atoms with E-state index in [2.05, 4.69) is 24.8 Å². The number of nitrogens with zero attached hydrogens (tertiary/aromatic N) is 2. The number of rotatable bonds is 2. The summed E-state index contributed by atoms with van der Waals surface area (Å²) in [5.41, 5.74) is 1.39. The summed E-state index contributed by atoms with van der Waals surface area (Å²) < 4.78 is 13.3. The zero-order valence-corrected chi connectivity index (χ0v) is 11.0. The van der Waals surface area contributed by atoms with Gasteiger partial charge in [-0.3, -0.25) is 4.90 Å². The summed E-state index contributed by atoms with van der Waals surface area (Å²) in [5, 5.41) is 9.07. The SMILES string of the molecule is CC1CCC(C)N(Cc2cc(F)ccc2C#N)C1. The van der Waals surface area contributed by atoms with Gasteiger partial charge in [-0.1, -0.05) is 6.92 Å². The van der Waals surface area contributed by atoms with E-state index in [-0.39, 0.29) is 5.82 Å². The van der Waals surface area contributed by atoms with Crippen LogP contribution in [0.4, 0.5) is 4.39 Å². The van der Waals surface area contributed by atoms with Gasteiger partial charge < -0.3 is 0 Å². The van der Waals surface area contributed by atoms with E-state index in [0.29, 0.717) is 24.1 Å². The molecule has 1 fully saturated rings. The topological polar surface area (TPSA) is 27.0 Å². The van der Waals surface area contributed by atoms with Crippen LogP contribution in [0.2, 0.25) is 0 Å². The smallest absolute Gasteiger partial charge is 0.123 e. The molecule has 0 bridgehead atoms. The van der Waals surface area contributed by atoms with Crippen LogP contribution in [-0.2, 0) is 6.54 Å². The summed E-state index contributed by atoms with van der Waals surface area (Å²) in [6, 6.07) is 7.07. The Bertz CT molecular complexity index is 464. The molecule has 1 aromatic carbocycles. The van der Waals surface area contributed by atoms with Crippen molar-refractivity contribution in [2.45, 2.75) is 39.3 Å². The third-order valence-electron chi connectivity index (χ3n) is 3.81. The zero-order chi connectivity index (χ0) is 13.1. The second-order valence-corrected chi connectivity index (χ2v) is 5.37. The van der Waals surface area contributed by atoms with Gasteiger partial charge in [0, 0.05) is 19.1 Å². The Morgan fingerprint density at radius 3 is 2.89 bits per heavy atom. The number of halogens is 1. The van der Waals surface area contributed by atoms with Gasteiger partial charge in [-0.15, -0.1) is 0 Å². The molecule has 0 spiro atoms. The van der Waals surface area contributed by atoms with Crippen LogP contribution in [-0.4, -0.2) is 17.5 Å². The monoisotopic (exact) mass is 246 g/mol. The highest BCUT2D eigenvalue weighted by atomic mass is 19.1. The van der Waals surface area contributed by atoms with Crippen LogP contribution in [0.15, 0.2) is 18.2 Å². The highest BCUT2D eigenvalue weighted by Crippen LogP contribution is 2.24. The molecular formula is C15H19FN2. The molecular weight excluding hydrogens is 227 g/mol. The van der Waals surface area contributed by atoms with Crippen LogP contribution in [0.5, 0.6) is 0 Å². The maximum absolute atomic E-state index is 13.3. The van der Waals surface area contributed by atoms with Crippen LogP contribution in [0.25, 0.3) is 0 Å². The van der Waals surface area contributed by atoms with Gasteiger partial charge in [-0.2, -0.15) is 5.26 Å². The molecule has 1 aliphatic heterocycles. The van der Waals surface area contributed by atoms with Crippen molar-refractivity contribution in [2.75, 3.05) is 6.54 Å². The first-order valence-corrected chi connectivity index (χ1v) is 6.52. The summed E-state index contributed by atoms with van der Waals surface area (Å²) in [7, 11) is 0. The number of benzene rings is 1. The Morgan fingerprint density at radius 1 is 1.39 bits per heavy atom. The Morgan fingerprint density at radius 2 is 2.17 bits per heavy atom. The Kier molecular flexibility index (Phi) is 3.98. The van der Waals surface area contributed by atoms with E-state index in [1.54, 1.807) is 6.07 Å². The van der Waals surface area contributed by atoms with Crippen molar-refractivity contribution >= 4 is 0 Å². The van der Waals surface area contributed by atoms with Crippen molar-refractivity contribution in [3.05, 3.63) is 35.1 Å². The molecule has 2 nitrogen and oxygen atoms in total. The number of hydrogen-bond acceptors (Lipinski definition) is 2. The molecule has 1 heterocycles. The third kappa shape index (κ3) is 2.88. The Balaban J connectivity index is 2.17. The van der Waals surface area contributed by atoms with Gasteiger partial charge >= 0.3 is 0 Å². The summed E-state index contributed by atoms with van der Waals surface area (Å²) in [4.78, 5) is 2.35. The molecule has 0 saturated carbocycles. The first kappa shape index (κ1) is 13.0. The molecule has 2 unspecified atom stereocenters. The second kappa shape index (κ2) is 5.49. The van der Waals surface area contributed by atoms with Crippen molar-refractivity contribution in [3.8, 4) is 6.07 Å². The fourth-order valence-corrected chi connectivity index (χ4v) is 2.62. The number of nitriles is 1. The van der Waals surface area contributed by atoms with Crippen molar-refractivity contribution in [1.82, 2.24) is 4.90 Å². The number of hydrogen-bond donors (Lipinski definition) is 0. The standard InChI is InChI=1S/C15H19FN2/c1-11-3-4-12(2)18(9-11)10-14-7-15(16)6-5-13(14)8-17/h5-7,11-12H,3-4,9-10H2,1-2H3. The van der Waals surface area contributed by atoms with Crippen LogP contribution >= 0.6 is 0 Å². The highest BCUT2D eigenvalue weighted by Gasteiger charge is 2.23. The van der Waals surface area contributed by atoms with E-state index in [1.807, 2.05) is 0 Å². The highest BCUT2D eigenvalue weighted by molar-refractivity contribution is 5.37. The van der Waals surface area contributed by atoms with Gasteiger partial charge in [0.15, 0.2) is 0 Å². The summed E-state index contributed by atoms with van der Waals surface area (Å²) in [5.74, 6) is 0.419. The molecule has 1 aliphatic rings. The maximum atomic E-state index is 13.3. The molecule has 1 saturated heterocycles. The lowest BCUT2D eigenvalue weighted by Crippen LogP contribution is -2.40. The lowest BCUT2D eigenvalue weighted by atomic mass is 9.94. The van der Waals surface area contributed by atoms with E-state index in [0.717, 1.165) is 12.1 Å². The fraction of sp³-hybridized carbons (Fsp3) is 0.533. The molecule has 18 heavy (non-hydrogen) atoms. The lowest BCUT2D eigenvalue weighted by molar-refractivity contribution is 0.117. The predicted octanol–water partition coefficient (Wildman–Crippen LogP) is 3.32. The van der Waals surface area contributed by atoms with Crippen LogP contribution < -0.4 is 0 Å². The van der Waals surface area contributed by atoms with Crippen LogP contribution in [0.1, 0.15) is 37.8 Å². The minimum absolute atomic E-state index is 0.262. The van der Waals surface area contributed by atoms with E-state index < -0.39 is 0 Å². The van der Waals surface area contributed by atoms with E-state index in [4.69, 9.17) is 5.26 Å². The maximum Gasteiger partial charge on any atom is 0.123 e. The lowest BCUT2D eigenvalue weighted by Gasteiger charge is -2.36. The van der Waals surface area contributed by atoms with E-state index in [9.17, 15) is 4.39 Å². The molecule has 0 N–H and O–H groups in total. The Hall–Kier alpha value is -1.40. The minimum atomic E-state index is -0.262. The zero-order valence-electron chi connectivity index (χ0n) is 11.0. The van der Waals surface area contributed by atoms with Gasteiger partial charge in [0.1, 0.15) is 5.82 Å². The molecule has 2 atom stereocenters. The van der Waals surface area contributed by atoms with Crippen LogP contribution in [0, 0.1) is 23.1 Å².